The first-order valence-corrected chi connectivity index (χ1v) is 15.8. The van der Waals surface area contributed by atoms with Crippen molar-refractivity contribution >= 4 is 46.8 Å². The van der Waals surface area contributed by atoms with Crippen LogP contribution in [0.4, 0.5) is 0 Å². The van der Waals surface area contributed by atoms with E-state index in [1.807, 2.05) is 50.2 Å². The quantitative estimate of drug-likeness (QED) is 0.111. The average molecular weight is 679 g/mol. The van der Waals surface area contributed by atoms with E-state index in [1.54, 1.807) is 0 Å². The van der Waals surface area contributed by atoms with Gasteiger partial charge in [-0.05, 0) is 55.5 Å². The van der Waals surface area contributed by atoms with Gasteiger partial charge in [0, 0.05) is 23.8 Å². The third-order valence-corrected chi connectivity index (χ3v) is 8.25. The number of nitrogens with zero attached hydrogens (tertiary/aromatic N) is 2. The van der Waals surface area contributed by atoms with Gasteiger partial charge < -0.3 is 29.2 Å². The van der Waals surface area contributed by atoms with Crippen LogP contribution >= 0.6 is 0 Å². The van der Waals surface area contributed by atoms with Gasteiger partial charge in [0.05, 0.1) is 48.1 Å². The number of hydrogen-bond acceptors (Lipinski definition) is 12. The Labute approximate surface area is 281 Å². The third-order valence-electron chi connectivity index (χ3n) is 8.25. The second-order valence-corrected chi connectivity index (χ2v) is 11.6. The zero-order valence-corrected chi connectivity index (χ0v) is 27.3. The number of aliphatic carboxylic acids is 2. The van der Waals surface area contributed by atoms with Crippen LogP contribution in [0.3, 0.4) is 0 Å². The predicted molar refractivity (Wildman–Crippen MR) is 171 cm³/mol. The first-order chi connectivity index (χ1) is 23.4. The molecule has 0 unspecified atom stereocenters. The number of carbonyl (C=O) groups excluding carboxylic acids is 4. The van der Waals surface area contributed by atoms with Crippen LogP contribution in [0.15, 0.2) is 36.4 Å². The molecular formula is C35H38N2O12. The third kappa shape index (κ3) is 9.58. The SMILES string of the molecule is Cc1cc2nc3c(nc2cc1C)C(CCC(=O)OCCOC(=O)CCC(=O)O)(CCC(=O)OCCOC(=O)CCC(=O)O)c1ccccc1-3. The molecule has 260 valence electrons. The maximum absolute atomic E-state index is 12.9. The minimum Gasteiger partial charge on any atom is -0.481 e. The summed E-state index contributed by atoms with van der Waals surface area (Å²) in [6.07, 6.45) is -1.06. The molecule has 0 aliphatic heterocycles. The van der Waals surface area contributed by atoms with Crippen LogP contribution in [0.1, 0.15) is 73.8 Å². The first-order valence-electron chi connectivity index (χ1n) is 15.8. The minimum absolute atomic E-state index is 0.0747. The summed E-state index contributed by atoms with van der Waals surface area (Å²) in [6.45, 7) is 3.09. The van der Waals surface area contributed by atoms with Crippen LogP contribution in [-0.2, 0) is 53.1 Å². The zero-order chi connectivity index (χ0) is 35.6. The highest BCUT2D eigenvalue weighted by Crippen LogP contribution is 2.52. The largest absolute Gasteiger partial charge is 0.481 e. The lowest BCUT2D eigenvalue weighted by molar-refractivity contribution is -0.153. The molecule has 0 saturated carbocycles. The molecule has 1 aromatic heterocycles. The van der Waals surface area contributed by atoms with Gasteiger partial charge in [-0.2, -0.15) is 0 Å². The fraction of sp³-hybridized carbons (Fsp3) is 0.429. The van der Waals surface area contributed by atoms with Crippen molar-refractivity contribution in [3.05, 3.63) is 58.8 Å². The number of ether oxygens (including phenoxy) is 4. The molecule has 3 aromatic rings. The van der Waals surface area contributed by atoms with Gasteiger partial charge >= 0.3 is 35.8 Å². The van der Waals surface area contributed by atoms with Crippen molar-refractivity contribution in [3.8, 4) is 11.3 Å². The van der Waals surface area contributed by atoms with E-state index in [-0.39, 0.29) is 77.8 Å². The van der Waals surface area contributed by atoms with Crippen molar-refractivity contribution in [3.63, 3.8) is 0 Å². The molecule has 0 spiro atoms. The number of aryl methyl sites for hydroxylation is 2. The molecule has 2 aromatic carbocycles. The fourth-order valence-electron chi connectivity index (χ4n) is 5.66. The molecule has 0 atom stereocenters. The maximum atomic E-state index is 12.9. The monoisotopic (exact) mass is 678 g/mol. The van der Waals surface area contributed by atoms with Gasteiger partial charge in [0.15, 0.2) is 0 Å². The number of carboxylic acid groups (broad SMARTS) is 2. The van der Waals surface area contributed by atoms with Crippen LogP contribution in [0, 0.1) is 13.8 Å². The van der Waals surface area contributed by atoms with Gasteiger partial charge in [-0.1, -0.05) is 24.3 Å². The Bertz CT molecular complexity index is 1700. The van der Waals surface area contributed by atoms with Gasteiger partial charge in [-0.15, -0.1) is 0 Å². The van der Waals surface area contributed by atoms with Crippen LogP contribution < -0.4 is 0 Å². The second-order valence-electron chi connectivity index (χ2n) is 11.6. The Balaban J connectivity index is 1.50. The number of carbonyl (C=O) groups is 6. The van der Waals surface area contributed by atoms with E-state index in [4.69, 9.17) is 39.1 Å². The van der Waals surface area contributed by atoms with Gasteiger partial charge in [-0.25, -0.2) is 9.97 Å². The molecule has 1 aliphatic rings. The van der Waals surface area contributed by atoms with E-state index in [0.29, 0.717) is 22.4 Å². The van der Waals surface area contributed by atoms with E-state index >= 15 is 0 Å². The summed E-state index contributed by atoms with van der Waals surface area (Å²) in [7, 11) is 0. The van der Waals surface area contributed by atoms with Crippen LogP contribution in [0.2, 0.25) is 0 Å². The zero-order valence-electron chi connectivity index (χ0n) is 27.3. The van der Waals surface area contributed by atoms with Crippen molar-refractivity contribution in [2.45, 2.75) is 70.6 Å². The number of fused-ring (bicyclic) bond motifs is 4. The van der Waals surface area contributed by atoms with Gasteiger partial charge in [0.25, 0.3) is 0 Å². The summed E-state index contributed by atoms with van der Waals surface area (Å²) in [5.41, 5.74) is 5.46. The van der Waals surface area contributed by atoms with Crippen LogP contribution in [-0.4, -0.2) is 82.4 Å². The van der Waals surface area contributed by atoms with Gasteiger partial charge in [0.2, 0.25) is 0 Å². The Morgan fingerprint density at radius 2 is 1.04 bits per heavy atom. The topological polar surface area (TPSA) is 206 Å². The van der Waals surface area contributed by atoms with Crippen molar-refractivity contribution in [1.82, 2.24) is 9.97 Å². The Hall–Kier alpha value is -5.40. The highest BCUT2D eigenvalue weighted by Gasteiger charge is 2.46. The number of aromatic nitrogens is 2. The number of benzene rings is 2. The summed E-state index contributed by atoms with van der Waals surface area (Å²) in [5.74, 6) is -4.82. The normalized spacial score (nSPS) is 12.4. The summed E-state index contributed by atoms with van der Waals surface area (Å²) in [4.78, 5) is 80.5. The highest BCUT2D eigenvalue weighted by molar-refractivity contribution is 5.86. The summed E-state index contributed by atoms with van der Waals surface area (Å²) in [5, 5.41) is 17.4. The lowest BCUT2D eigenvalue weighted by atomic mass is 9.73. The van der Waals surface area contributed by atoms with E-state index < -0.39 is 41.2 Å². The Morgan fingerprint density at radius 3 is 1.51 bits per heavy atom. The summed E-state index contributed by atoms with van der Waals surface area (Å²) in [6, 6.07) is 11.5. The maximum Gasteiger partial charge on any atom is 0.306 e. The molecule has 2 N–H and O–H groups in total. The molecule has 0 fully saturated rings. The first kappa shape index (κ1) is 36.4. The van der Waals surface area contributed by atoms with E-state index in [2.05, 4.69) is 0 Å². The molecular weight excluding hydrogens is 640 g/mol. The van der Waals surface area contributed by atoms with Gasteiger partial charge in [-0.3, -0.25) is 28.8 Å². The van der Waals surface area contributed by atoms with Crippen molar-refractivity contribution in [2.75, 3.05) is 26.4 Å². The smallest absolute Gasteiger partial charge is 0.306 e. The van der Waals surface area contributed by atoms with E-state index in [0.717, 1.165) is 22.3 Å². The van der Waals surface area contributed by atoms with Crippen LogP contribution in [0.5, 0.6) is 0 Å². The number of carboxylic acids is 2. The molecule has 0 radical (unpaired) electrons. The summed E-state index contributed by atoms with van der Waals surface area (Å²) < 4.78 is 20.5. The van der Waals surface area contributed by atoms with Crippen molar-refractivity contribution in [1.29, 1.82) is 0 Å². The lowest BCUT2D eigenvalue weighted by Crippen LogP contribution is -2.29. The summed E-state index contributed by atoms with van der Waals surface area (Å²) >= 11 is 0. The van der Waals surface area contributed by atoms with Crippen LogP contribution in [0.25, 0.3) is 22.3 Å². The minimum atomic E-state index is -1.13. The van der Waals surface area contributed by atoms with Crippen molar-refractivity contribution < 1.29 is 57.9 Å². The molecule has 14 heteroatoms. The molecule has 1 aliphatic carbocycles. The lowest BCUT2D eigenvalue weighted by Gasteiger charge is -2.30. The average Bonchev–Trinajstić information content (AvgIpc) is 3.33. The Kier molecular flexibility index (Phi) is 12.4. The van der Waals surface area contributed by atoms with E-state index in [9.17, 15) is 28.8 Å². The Morgan fingerprint density at radius 1 is 0.612 bits per heavy atom. The molecule has 0 amide bonds. The predicted octanol–water partition coefficient (Wildman–Crippen LogP) is 3.98. The van der Waals surface area contributed by atoms with Gasteiger partial charge in [0.1, 0.15) is 26.4 Å². The standard InChI is InChI=1S/C35H38N2O12/c1-21-19-25-26(20-22(21)2)37-34-33(36-25)23-5-3-4-6-24(23)35(34,13-11-31(44)48-17-15-46-29(42)9-7-27(38)39)14-12-32(45)49-18-16-47-30(43)10-8-28(40)41/h3-6,19-20H,7-18H2,1-2H3,(H,38,39)(H,40,41). The van der Waals surface area contributed by atoms with E-state index in [1.165, 1.54) is 0 Å². The number of hydrogen-bond donors (Lipinski definition) is 2. The molecule has 0 bridgehead atoms. The number of esters is 4. The molecule has 14 nitrogen and oxygen atoms in total. The molecule has 4 rings (SSSR count). The molecule has 49 heavy (non-hydrogen) atoms. The second kappa shape index (κ2) is 16.6. The fourth-order valence-corrected chi connectivity index (χ4v) is 5.66. The number of rotatable bonds is 18. The molecule has 1 heterocycles. The highest BCUT2D eigenvalue weighted by atomic mass is 16.6. The van der Waals surface area contributed by atoms with Crippen molar-refractivity contribution in [2.24, 2.45) is 0 Å². The molecule has 0 saturated heterocycles.